The molecular formula is C14H17N3O3. The minimum Gasteiger partial charge on any atom is -0.477 e. The van der Waals surface area contributed by atoms with Gasteiger partial charge in [0.15, 0.2) is 6.10 Å². The second-order valence-electron chi connectivity index (χ2n) is 4.18. The van der Waals surface area contributed by atoms with Gasteiger partial charge >= 0.3 is 5.97 Å². The smallest absolute Gasteiger partial charge is 0.347 e. The number of para-hydroxylation sites is 1. The van der Waals surface area contributed by atoms with Gasteiger partial charge in [0.05, 0.1) is 6.61 Å². The van der Waals surface area contributed by atoms with Crippen molar-refractivity contribution in [1.82, 2.24) is 4.98 Å². The molecule has 0 saturated carbocycles. The normalized spacial score (nSPS) is 11.9. The van der Waals surface area contributed by atoms with Gasteiger partial charge in [-0.05, 0) is 32.0 Å². The lowest BCUT2D eigenvalue weighted by molar-refractivity contribution is -0.150. The summed E-state index contributed by atoms with van der Waals surface area (Å²) in [6.07, 6.45) is -0.697. The van der Waals surface area contributed by atoms with E-state index in [-0.39, 0.29) is 0 Å². The quantitative estimate of drug-likeness (QED) is 0.492. The topological polar surface area (TPSA) is 86.5 Å². The highest BCUT2D eigenvalue weighted by atomic mass is 16.6. The molecule has 2 rings (SSSR count). The lowest BCUT2D eigenvalue weighted by atomic mass is 10.2. The van der Waals surface area contributed by atoms with Gasteiger partial charge in [-0.3, -0.25) is 0 Å². The van der Waals surface area contributed by atoms with Gasteiger partial charge in [-0.1, -0.05) is 12.1 Å². The monoisotopic (exact) mass is 275 g/mol. The number of rotatable bonds is 5. The van der Waals surface area contributed by atoms with Crippen molar-refractivity contribution in [2.75, 3.05) is 12.0 Å². The van der Waals surface area contributed by atoms with Crippen LogP contribution in [-0.2, 0) is 9.53 Å². The number of hydrogen-bond acceptors (Lipinski definition) is 6. The highest BCUT2D eigenvalue weighted by molar-refractivity contribution is 5.86. The summed E-state index contributed by atoms with van der Waals surface area (Å²) >= 11 is 0. The molecule has 106 valence electrons. The lowest BCUT2D eigenvalue weighted by Gasteiger charge is -2.14. The Hall–Kier alpha value is -2.34. The third-order valence-corrected chi connectivity index (χ3v) is 2.75. The maximum Gasteiger partial charge on any atom is 0.347 e. The van der Waals surface area contributed by atoms with Crippen LogP contribution >= 0.6 is 0 Å². The van der Waals surface area contributed by atoms with E-state index in [9.17, 15) is 4.79 Å². The molecule has 1 aromatic carbocycles. The van der Waals surface area contributed by atoms with Crippen LogP contribution < -0.4 is 16.0 Å². The number of pyridine rings is 1. The van der Waals surface area contributed by atoms with Gasteiger partial charge in [-0.2, -0.15) is 0 Å². The van der Waals surface area contributed by atoms with Crippen LogP contribution in [-0.4, -0.2) is 23.7 Å². The molecular weight excluding hydrogens is 258 g/mol. The van der Waals surface area contributed by atoms with Crippen LogP contribution in [0.4, 0.5) is 5.82 Å². The van der Waals surface area contributed by atoms with Crippen molar-refractivity contribution in [3.8, 4) is 5.75 Å². The zero-order chi connectivity index (χ0) is 14.5. The number of nitrogens with zero attached hydrogens (tertiary/aromatic N) is 1. The summed E-state index contributed by atoms with van der Waals surface area (Å²) in [5, 5.41) is 0.901. The van der Waals surface area contributed by atoms with E-state index < -0.39 is 12.1 Å². The number of aromatic nitrogens is 1. The first kappa shape index (κ1) is 14.1. The van der Waals surface area contributed by atoms with Crippen LogP contribution in [0, 0.1) is 0 Å². The summed E-state index contributed by atoms with van der Waals surface area (Å²) in [5.41, 5.74) is 3.12. The number of benzene rings is 1. The summed E-state index contributed by atoms with van der Waals surface area (Å²) in [6.45, 7) is 3.71. The number of hydrazine groups is 1. The van der Waals surface area contributed by atoms with Crippen molar-refractivity contribution in [1.29, 1.82) is 0 Å². The molecule has 0 aliphatic rings. The first-order valence-electron chi connectivity index (χ1n) is 6.35. The Balaban J connectivity index is 2.31. The third-order valence-electron chi connectivity index (χ3n) is 2.75. The fraction of sp³-hybridized carbons (Fsp3) is 0.286. The van der Waals surface area contributed by atoms with Gasteiger partial charge in [0.25, 0.3) is 0 Å². The van der Waals surface area contributed by atoms with E-state index in [1.807, 2.05) is 18.2 Å². The Morgan fingerprint density at radius 2 is 2.20 bits per heavy atom. The number of carbonyl (C=O) groups excluding carboxylic acids is 1. The summed E-state index contributed by atoms with van der Waals surface area (Å²) < 4.78 is 10.6. The Morgan fingerprint density at radius 1 is 1.40 bits per heavy atom. The van der Waals surface area contributed by atoms with E-state index in [0.29, 0.717) is 23.7 Å². The van der Waals surface area contributed by atoms with E-state index in [2.05, 4.69) is 10.4 Å². The van der Waals surface area contributed by atoms with Crippen LogP contribution in [0.3, 0.4) is 0 Å². The summed E-state index contributed by atoms with van der Waals surface area (Å²) in [5.74, 6) is 5.99. The molecule has 6 heteroatoms. The first-order valence-corrected chi connectivity index (χ1v) is 6.35. The number of ether oxygens (including phenoxy) is 2. The second kappa shape index (κ2) is 6.21. The third kappa shape index (κ3) is 2.97. The SMILES string of the molecule is CCOC(=O)C(C)Oc1cccc2ccc(NN)nc12. The molecule has 2 aromatic rings. The van der Waals surface area contributed by atoms with Gasteiger partial charge in [-0.25, -0.2) is 15.6 Å². The molecule has 0 aliphatic carbocycles. The van der Waals surface area contributed by atoms with Gasteiger partial charge in [0.1, 0.15) is 17.1 Å². The van der Waals surface area contributed by atoms with E-state index in [0.717, 1.165) is 5.39 Å². The fourth-order valence-corrected chi connectivity index (χ4v) is 1.79. The number of nitrogens with two attached hydrogens (primary N) is 1. The molecule has 20 heavy (non-hydrogen) atoms. The zero-order valence-electron chi connectivity index (χ0n) is 11.4. The number of anilines is 1. The van der Waals surface area contributed by atoms with Gasteiger partial charge in [0.2, 0.25) is 0 Å². The number of nitrogens with one attached hydrogen (secondary N) is 1. The van der Waals surface area contributed by atoms with E-state index in [1.54, 1.807) is 26.0 Å². The molecule has 0 saturated heterocycles. The Morgan fingerprint density at radius 3 is 2.90 bits per heavy atom. The van der Waals surface area contributed by atoms with Crippen LogP contribution in [0.5, 0.6) is 5.75 Å². The summed E-state index contributed by atoms with van der Waals surface area (Å²) in [6, 6.07) is 9.14. The molecule has 3 N–H and O–H groups in total. The van der Waals surface area contributed by atoms with Crippen LogP contribution in [0.25, 0.3) is 10.9 Å². The first-order chi connectivity index (χ1) is 9.65. The minimum atomic E-state index is -0.697. The van der Waals surface area contributed by atoms with Gasteiger partial charge in [0, 0.05) is 5.39 Å². The number of nitrogen functional groups attached to an aromatic ring is 1. The second-order valence-corrected chi connectivity index (χ2v) is 4.18. The molecule has 6 nitrogen and oxygen atoms in total. The average molecular weight is 275 g/mol. The predicted molar refractivity (Wildman–Crippen MR) is 76.3 cm³/mol. The number of hydrogen-bond donors (Lipinski definition) is 2. The molecule has 0 spiro atoms. The number of esters is 1. The van der Waals surface area contributed by atoms with Gasteiger partial charge < -0.3 is 14.9 Å². The Bertz CT molecular complexity index is 616. The number of fused-ring (bicyclic) bond motifs is 1. The van der Waals surface area contributed by atoms with Crippen molar-refractivity contribution in [2.24, 2.45) is 5.84 Å². The summed E-state index contributed by atoms with van der Waals surface area (Å²) in [7, 11) is 0. The lowest BCUT2D eigenvalue weighted by Crippen LogP contribution is -2.26. The molecule has 1 heterocycles. The predicted octanol–water partition coefficient (Wildman–Crippen LogP) is 1.85. The molecule has 0 bridgehead atoms. The van der Waals surface area contributed by atoms with E-state index in [4.69, 9.17) is 15.3 Å². The minimum absolute atomic E-state index is 0.321. The highest BCUT2D eigenvalue weighted by Crippen LogP contribution is 2.26. The standard InChI is InChI=1S/C14H17N3O3/c1-3-19-14(18)9(2)20-11-6-4-5-10-7-8-12(17-15)16-13(10)11/h4-9H,3,15H2,1-2H3,(H,16,17). The van der Waals surface area contributed by atoms with Crippen LogP contribution in [0.2, 0.25) is 0 Å². The van der Waals surface area contributed by atoms with E-state index >= 15 is 0 Å². The maximum atomic E-state index is 11.6. The Kier molecular flexibility index (Phi) is 4.37. The fourth-order valence-electron chi connectivity index (χ4n) is 1.79. The Labute approximate surface area is 116 Å². The molecule has 0 aliphatic heterocycles. The van der Waals surface area contributed by atoms with Crippen molar-refractivity contribution >= 4 is 22.7 Å². The van der Waals surface area contributed by atoms with E-state index in [1.165, 1.54) is 0 Å². The van der Waals surface area contributed by atoms with Crippen molar-refractivity contribution in [3.05, 3.63) is 30.3 Å². The summed E-state index contributed by atoms with van der Waals surface area (Å²) in [4.78, 5) is 15.9. The average Bonchev–Trinajstić information content (AvgIpc) is 2.47. The van der Waals surface area contributed by atoms with Crippen molar-refractivity contribution < 1.29 is 14.3 Å². The number of carbonyl (C=O) groups is 1. The van der Waals surface area contributed by atoms with Gasteiger partial charge in [-0.15, -0.1) is 0 Å². The zero-order valence-corrected chi connectivity index (χ0v) is 11.4. The molecule has 1 atom stereocenters. The molecule has 0 fully saturated rings. The van der Waals surface area contributed by atoms with Crippen LogP contribution in [0.1, 0.15) is 13.8 Å². The maximum absolute atomic E-state index is 11.6. The molecule has 0 amide bonds. The highest BCUT2D eigenvalue weighted by Gasteiger charge is 2.17. The molecule has 1 aromatic heterocycles. The van der Waals surface area contributed by atoms with Crippen molar-refractivity contribution in [3.63, 3.8) is 0 Å². The van der Waals surface area contributed by atoms with Crippen LogP contribution in [0.15, 0.2) is 30.3 Å². The van der Waals surface area contributed by atoms with Crippen molar-refractivity contribution in [2.45, 2.75) is 20.0 Å². The largest absolute Gasteiger partial charge is 0.477 e. The molecule has 0 radical (unpaired) electrons. The molecule has 1 unspecified atom stereocenters.